The van der Waals surface area contributed by atoms with Crippen LogP contribution in [0.25, 0.3) is 0 Å². The van der Waals surface area contributed by atoms with Gasteiger partial charge in [-0.3, -0.25) is 0 Å². The summed E-state index contributed by atoms with van der Waals surface area (Å²) in [6.45, 7) is 6.00. The fourth-order valence-corrected chi connectivity index (χ4v) is 3.90. The molecule has 0 saturated heterocycles. The van der Waals surface area contributed by atoms with Gasteiger partial charge in [-0.1, -0.05) is 25.5 Å². The topological polar surface area (TPSA) is 12.0 Å². The molecule has 2 aliphatic rings. The molecule has 1 heteroatoms. The van der Waals surface area contributed by atoms with E-state index in [0.717, 1.165) is 0 Å². The van der Waals surface area contributed by atoms with Gasteiger partial charge >= 0.3 is 0 Å². The van der Waals surface area contributed by atoms with Crippen LogP contribution in [0.15, 0.2) is 11.6 Å². The Labute approximate surface area is 94.3 Å². The highest BCUT2D eigenvalue weighted by molar-refractivity contribution is 5.23. The lowest BCUT2D eigenvalue weighted by Crippen LogP contribution is -2.50. The van der Waals surface area contributed by atoms with E-state index in [0.29, 0.717) is 10.8 Å². The molecule has 0 aliphatic heterocycles. The van der Waals surface area contributed by atoms with Gasteiger partial charge < -0.3 is 5.32 Å². The van der Waals surface area contributed by atoms with Crippen molar-refractivity contribution in [1.29, 1.82) is 0 Å². The van der Waals surface area contributed by atoms with Crippen molar-refractivity contribution >= 4 is 0 Å². The first-order chi connectivity index (χ1) is 7.08. The molecule has 15 heavy (non-hydrogen) atoms. The Morgan fingerprint density at radius 1 is 1.27 bits per heavy atom. The third-order valence-corrected chi connectivity index (χ3v) is 4.12. The monoisotopic (exact) mass is 207 g/mol. The predicted molar refractivity (Wildman–Crippen MR) is 65.9 cm³/mol. The van der Waals surface area contributed by atoms with Crippen molar-refractivity contribution in [2.45, 2.75) is 52.4 Å². The summed E-state index contributed by atoms with van der Waals surface area (Å²) >= 11 is 0. The summed E-state index contributed by atoms with van der Waals surface area (Å²) in [4.78, 5) is 0. The summed E-state index contributed by atoms with van der Waals surface area (Å²) in [5.74, 6) is 0. The zero-order valence-electron chi connectivity index (χ0n) is 10.5. The van der Waals surface area contributed by atoms with Gasteiger partial charge in [-0.2, -0.15) is 0 Å². The molecule has 0 atom stereocenters. The molecule has 0 heterocycles. The van der Waals surface area contributed by atoms with Crippen molar-refractivity contribution < 1.29 is 0 Å². The summed E-state index contributed by atoms with van der Waals surface area (Å²) in [6.07, 6.45) is 10.8. The van der Waals surface area contributed by atoms with Crippen LogP contribution >= 0.6 is 0 Å². The molecule has 1 nitrogen and oxygen atoms in total. The van der Waals surface area contributed by atoms with E-state index in [-0.39, 0.29) is 0 Å². The SMILES string of the molecule is CNCC1(C2=CCCCC2)CC(C)(C)C1. The molecule has 0 radical (unpaired) electrons. The fourth-order valence-electron chi connectivity index (χ4n) is 3.90. The van der Waals surface area contributed by atoms with Crippen molar-refractivity contribution in [3.63, 3.8) is 0 Å². The van der Waals surface area contributed by atoms with Gasteiger partial charge in [0.2, 0.25) is 0 Å². The number of hydrogen-bond acceptors (Lipinski definition) is 1. The molecule has 1 saturated carbocycles. The van der Waals surface area contributed by atoms with Gasteiger partial charge in [0.1, 0.15) is 0 Å². The van der Waals surface area contributed by atoms with Crippen molar-refractivity contribution in [2.75, 3.05) is 13.6 Å². The second kappa shape index (κ2) is 3.93. The van der Waals surface area contributed by atoms with E-state index in [4.69, 9.17) is 0 Å². The molecular formula is C14H25N. The van der Waals surface area contributed by atoms with Gasteiger partial charge in [-0.25, -0.2) is 0 Å². The Morgan fingerprint density at radius 3 is 2.47 bits per heavy atom. The Bertz CT molecular complexity index is 255. The van der Waals surface area contributed by atoms with Gasteiger partial charge in [0.05, 0.1) is 0 Å². The van der Waals surface area contributed by atoms with Crippen molar-refractivity contribution in [1.82, 2.24) is 5.32 Å². The summed E-state index contributed by atoms with van der Waals surface area (Å²) in [6, 6.07) is 0. The quantitative estimate of drug-likeness (QED) is 0.698. The predicted octanol–water partition coefficient (Wildman–Crippen LogP) is 3.51. The van der Waals surface area contributed by atoms with Gasteiger partial charge in [0.25, 0.3) is 0 Å². The zero-order chi connectivity index (χ0) is 10.9. The highest BCUT2D eigenvalue weighted by atomic mass is 14.8. The van der Waals surface area contributed by atoms with Crippen LogP contribution in [0, 0.1) is 10.8 Å². The molecule has 0 aromatic rings. The number of rotatable bonds is 3. The smallest absolute Gasteiger partial charge is 0.00467 e. The summed E-state index contributed by atoms with van der Waals surface area (Å²) in [5, 5.41) is 3.40. The van der Waals surface area contributed by atoms with Gasteiger partial charge in [0, 0.05) is 12.0 Å². The maximum Gasteiger partial charge on any atom is 0.00467 e. The molecule has 0 aromatic carbocycles. The number of hydrogen-bond donors (Lipinski definition) is 1. The molecule has 0 bridgehead atoms. The summed E-state index contributed by atoms with van der Waals surface area (Å²) in [7, 11) is 2.09. The van der Waals surface area contributed by atoms with Gasteiger partial charge in [-0.15, -0.1) is 0 Å². The molecule has 1 fully saturated rings. The van der Waals surface area contributed by atoms with Crippen LogP contribution in [0.5, 0.6) is 0 Å². The van der Waals surface area contributed by atoms with Crippen molar-refractivity contribution in [3.8, 4) is 0 Å². The van der Waals surface area contributed by atoms with Crippen molar-refractivity contribution in [3.05, 3.63) is 11.6 Å². The third-order valence-electron chi connectivity index (χ3n) is 4.12. The minimum Gasteiger partial charge on any atom is -0.319 e. The van der Waals surface area contributed by atoms with E-state index >= 15 is 0 Å². The molecule has 0 aromatic heterocycles. The maximum atomic E-state index is 3.40. The van der Waals surface area contributed by atoms with Crippen LogP contribution in [-0.4, -0.2) is 13.6 Å². The average molecular weight is 207 g/mol. The Balaban J connectivity index is 2.10. The van der Waals surface area contributed by atoms with E-state index in [2.05, 4.69) is 32.3 Å². The summed E-state index contributed by atoms with van der Waals surface area (Å²) in [5.41, 5.74) is 2.87. The molecule has 2 rings (SSSR count). The van der Waals surface area contributed by atoms with Crippen LogP contribution in [-0.2, 0) is 0 Å². The lowest BCUT2D eigenvalue weighted by atomic mass is 9.50. The van der Waals surface area contributed by atoms with Crippen LogP contribution in [0.4, 0.5) is 0 Å². The Kier molecular flexibility index (Phi) is 2.94. The van der Waals surface area contributed by atoms with Crippen LogP contribution in [0.1, 0.15) is 52.4 Å². The van der Waals surface area contributed by atoms with Crippen LogP contribution in [0.2, 0.25) is 0 Å². The van der Waals surface area contributed by atoms with E-state index in [9.17, 15) is 0 Å². The first-order valence-electron chi connectivity index (χ1n) is 6.42. The molecule has 2 aliphatic carbocycles. The zero-order valence-corrected chi connectivity index (χ0v) is 10.5. The molecule has 0 spiro atoms. The van der Waals surface area contributed by atoms with Gasteiger partial charge in [0.15, 0.2) is 0 Å². The largest absolute Gasteiger partial charge is 0.319 e. The van der Waals surface area contributed by atoms with E-state index in [1.807, 2.05) is 0 Å². The van der Waals surface area contributed by atoms with E-state index in [1.54, 1.807) is 5.57 Å². The first kappa shape index (κ1) is 11.2. The molecule has 86 valence electrons. The highest BCUT2D eigenvalue weighted by Gasteiger charge is 2.50. The minimum absolute atomic E-state index is 0.526. The number of allylic oxidation sites excluding steroid dienone is 1. The van der Waals surface area contributed by atoms with E-state index in [1.165, 1.54) is 45.1 Å². The Morgan fingerprint density at radius 2 is 2.00 bits per heavy atom. The standard InChI is InChI=1S/C14H25N/c1-13(2)9-14(10-13,11-15-3)12-7-5-4-6-8-12/h7,15H,4-6,8-11H2,1-3H3. The molecule has 0 unspecified atom stereocenters. The molecule has 1 N–H and O–H groups in total. The average Bonchev–Trinajstić information content (AvgIpc) is 2.16. The number of nitrogens with one attached hydrogen (secondary N) is 1. The Hall–Kier alpha value is -0.300. The molecular weight excluding hydrogens is 182 g/mol. The first-order valence-corrected chi connectivity index (χ1v) is 6.42. The third kappa shape index (κ3) is 2.13. The van der Waals surface area contributed by atoms with Crippen LogP contribution < -0.4 is 5.32 Å². The van der Waals surface area contributed by atoms with E-state index < -0.39 is 0 Å². The minimum atomic E-state index is 0.526. The van der Waals surface area contributed by atoms with Crippen molar-refractivity contribution in [2.24, 2.45) is 10.8 Å². The second-order valence-electron chi connectivity index (χ2n) is 6.30. The lowest BCUT2D eigenvalue weighted by molar-refractivity contribution is 0.0171. The summed E-state index contributed by atoms with van der Waals surface area (Å²) < 4.78 is 0. The van der Waals surface area contributed by atoms with Gasteiger partial charge in [-0.05, 0) is 51.0 Å². The normalized spacial score (nSPS) is 28.1. The van der Waals surface area contributed by atoms with Crippen LogP contribution in [0.3, 0.4) is 0 Å². The molecule has 0 amide bonds. The maximum absolute atomic E-state index is 3.40. The highest BCUT2D eigenvalue weighted by Crippen LogP contribution is 2.59. The second-order valence-corrected chi connectivity index (χ2v) is 6.30. The lowest BCUT2D eigenvalue weighted by Gasteiger charge is -2.55. The fraction of sp³-hybridized carbons (Fsp3) is 0.857.